The minimum Gasteiger partial charge on any atom is -0.350 e. The van der Waals surface area contributed by atoms with Gasteiger partial charge >= 0.3 is 0 Å². The molecule has 11 heteroatoms. The quantitative estimate of drug-likeness (QED) is 0.406. The predicted octanol–water partition coefficient (Wildman–Crippen LogP) is 3.63. The van der Waals surface area contributed by atoms with E-state index in [0.29, 0.717) is 22.0 Å². The summed E-state index contributed by atoms with van der Waals surface area (Å²) in [5.41, 5.74) is 2.35. The minimum absolute atomic E-state index is 0.0992. The number of nitrogens with one attached hydrogen (secondary N) is 2. The maximum absolute atomic E-state index is 13.0. The molecule has 4 aromatic rings. The summed E-state index contributed by atoms with van der Waals surface area (Å²) >= 11 is 2.79. The summed E-state index contributed by atoms with van der Waals surface area (Å²) < 4.78 is 3.46. The van der Waals surface area contributed by atoms with Gasteiger partial charge in [-0.2, -0.15) is 10.2 Å². The van der Waals surface area contributed by atoms with Gasteiger partial charge in [-0.25, -0.2) is 4.52 Å². The van der Waals surface area contributed by atoms with Gasteiger partial charge < -0.3 is 15.5 Å². The maximum Gasteiger partial charge on any atom is 0.261 e. The summed E-state index contributed by atoms with van der Waals surface area (Å²) in [5.74, 6) is -0.338. The molecule has 5 heterocycles. The Kier molecular flexibility index (Phi) is 6.48. The Bertz CT molecular complexity index is 1330. The number of thiazole rings is 1. The van der Waals surface area contributed by atoms with Gasteiger partial charge in [-0.1, -0.05) is 6.42 Å². The van der Waals surface area contributed by atoms with E-state index in [1.54, 1.807) is 21.6 Å². The summed E-state index contributed by atoms with van der Waals surface area (Å²) in [6, 6.07) is 1.83. The smallest absolute Gasteiger partial charge is 0.261 e. The topological polar surface area (TPSA) is 96.6 Å². The van der Waals surface area contributed by atoms with Crippen molar-refractivity contribution in [2.45, 2.75) is 26.2 Å². The molecule has 1 aliphatic rings. The number of amides is 2. The summed E-state index contributed by atoms with van der Waals surface area (Å²) in [4.78, 5) is 30.4. The van der Waals surface area contributed by atoms with Crippen LogP contribution in [0.2, 0.25) is 0 Å². The number of fused-ring (bicyclic) bond motifs is 1. The average Bonchev–Trinajstić information content (AvgIpc) is 3.59. The summed E-state index contributed by atoms with van der Waals surface area (Å²) in [7, 11) is 1.87. The highest BCUT2D eigenvalue weighted by Gasteiger charge is 2.20. The standard InChI is InChI=1S/C23H27N7O2S2/c1-15-10-18(21(32)24-6-9-29-7-4-3-5-8-29)33-22(15)27-20(31)17-12-26-30-14-19(34-23(17)30)16-11-25-28(2)13-16/h10-14H,3-9H2,1-2H3,(H,24,32)(H,27,31). The first-order valence-electron chi connectivity index (χ1n) is 11.4. The van der Waals surface area contributed by atoms with Crippen LogP contribution >= 0.6 is 22.7 Å². The zero-order valence-corrected chi connectivity index (χ0v) is 20.8. The van der Waals surface area contributed by atoms with Crippen molar-refractivity contribution in [3.8, 4) is 10.4 Å². The molecule has 1 fully saturated rings. The average molecular weight is 498 g/mol. The van der Waals surface area contributed by atoms with Crippen LogP contribution < -0.4 is 10.6 Å². The zero-order chi connectivity index (χ0) is 23.7. The van der Waals surface area contributed by atoms with Gasteiger partial charge in [0.05, 0.1) is 32.7 Å². The number of carbonyl (C=O) groups excluding carboxylic acids is 2. The normalized spacial score (nSPS) is 14.5. The fourth-order valence-corrected chi connectivity index (χ4v) is 6.13. The van der Waals surface area contributed by atoms with Crippen LogP contribution in [0.4, 0.5) is 5.00 Å². The van der Waals surface area contributed by atoms with Crippen molar-refractivity contribution < 1.29 is 9.59 Å². The van der Waals surface area contributed by atoms with E-state index in [2.05, 4.69) is 25.7 Å². The van der Waals surface area contributed by atoms with Crippen LogP contribution in [-0.4, -0.2) is 62.3 Å². The van der Waals surface area contributed by atoms with Gasteiger partial charge in [0, 0.05) is 38.1 Å². The highest BCUT2D eigenvalue weighted by molar-refractivity contribution is 7.21. The number of aryl methyl sites for hydroxylation is 2. The molecule has 0 aromatic carbocycles. The van der Waals surface area contributed by atoms with Gasteiger partial charge in [0.25, 0.3) is 11.8 Å². The van der Waals surface area contributed by atoms with Gasteiger partial charge in [-0.15, -0.1) is 22.7 Å². The van der Waals surface area contributed by atoms with Crippen LogP contribution in [-0.2, 0) is 7.05 Å². The van der Waals surface area contributed by atoms with Crippen molar-refractivity contribution in [3.63, 3.8) is 0 Å². The number of hydrogen-bond acceptors (Lipinski definition) is 7. The Labute approximate surface area is 205 Å². The molecule has 0 unspecified atom stereocenters. The van der Waals surface area contributed by atoms with Gasteiger partial charge in [0.1, 0.15) is 4.83 Å². The van der Waals surface area contributed by atoms with Crippen molar-refractivity contribution in [1.82, 2.24) is 29.6 Å². The molecule has 2 N–H and O–H groups in total. The second kappa shape index (κ2) is 9.69. The van der Waals surface area contributed by atoms with Gasteiger partial charge in [-0.3, -0.25) is 14.3 Å². The number of likely N-dealkylation sites (tertiary alicyclic amines) is 1. The van der Waals surface area contributed by atoms with Gasteiger partial charge in [0.2, 0.25) is 0 Å². The van der Waals surface area contributed by atoms with E-state index in [1.807, 2.05) is 32.4 Å². The minimum atomic E-state index is -0.239. The molecule has 0 saturated carbocycles. The Balaban J connectivity index is 1.24. The van der Waals surface area contributed by atoms with E-state index in [-0.39, 0.29) is 11.8 Å². The first kappa shape index (κ1) is 22.8. The van der Waals surface area contributed by atoms with E-state index in [1.165, 1.54) is 41.9 Å². The monoisotopic (exact) mass is 497 g/mol. The van der Waals surface area contributed by atoms with Crippen LogP contribution in [0.15, 0.2) is 30.9 Å². The number of piperidine rings is 1. The van der Waals surface area contributed by atoms with Crippen molar-refractivity contribution in [3.05, 3.63) is 46.9 Å². The second-order valence-electron chi connectivity index (χ2n) is 8.54. The molecule has 1 saturated heterocycles. The molecule has 9 nitrogen and oxygen atoms in total. The van der Waals surface area contributed by atoms with Gasteiger partial charge in [-0.05, 0) is 44.5 Å². The number of nitrogens with zero attached hydrogens (tertiary/aromatic N) is 5. The number of rotatable bonds is 7. The largest absolute Gasteiger partial charge is 0.350 e. The lowest BCUT2D eigenvalue weighted by atomic mass is 10.1. The summed E-state index contributed by atoms with van der Waals surface area (Å²) in [5, 5.41) is 15.2. The van der Waals surface area contributed by atoms with Crippen LogP contribution in [0.25, 0.3) is 15.3 Å². The maximum atomic E-state index is 13.0. The molecule has 0 aliphatic carbocycles. The fraction of sp³-hybridized carbons (Fsp3) is 0.391. The molecule has 2 amide bonds. The number of aromatic nitrogens is 4. The Morgan fingerprint density at radius 2 is 1.88 bits per heavy atom. The Hall–Kier alpha value is -3.02. The highest BCUT2D eigenvalue weighted by Crippen LogP contribution is 2.32. The third-order valence-electron chi connectivity index (χ3n) is 5.96. The lowest BCUT2D eigenvalue weighted by molar-refractivity contribution is 0.0949. The molecule has 4 aromatic heterocycles. The molecule has 34 heavy (non-hydrogen) atoms. The van der Waals surface area contributed by atoms with E-state index >= 15 is 0 Å². The highest BCUT2D eigenvalue weighted by atomic mass is 32.1. The third-order valence-corrected chi connectivity index (χ3v) is 8.27. The van der Waals surface area contributed by atoms with E-state index < -0.39 is 0 Å². The molecule has 0 radical (unpaired) electrons. The van der Waals surface area contributed by atoms with E-state index in [9.17, 15) is 9.59 Å². The lowest BCUT2D eigenvalue weighted by Crippen LogP contribution is -2.37. The number of thiophene rings is 1. The van der Waals surface area contributed by atoms with Crippen molar-refractivity contribution >= 4 is 44.3 Å². The number of anilines is 1. The number of carbonyl (C=O) groups is 2. The first-order valence-corrected chi connectivity index (χ1v) is 13.0. The molecule has 0 spiro atoms. The van der Waals surface area contributed by atoms with Crippen molar-refractivity contribution in [1.29, 1.82) is 0 Å². The lowest BCUT2D eigenvalue weighted by Gasteiger charge is -2.26. The molecule has 0 bridgehead atoms. The van der Waals surface area contributed by atoms with Gasteiger partial charge in [0.15, 0.2) is 0 Å². The second-order valence-corrected chi connectivity index (χ2v) is 10.6. The van der Waals surface area contributed by atoms with Crippen molar-refractivity contribution in [2.24, 2.45) is 7.05 Å². The third kappa shape index (κ3) is 4.77. The summed E-state index contributed by atoms with van der Waals surface area (Å²) in [6.07, 6.45) is 11.0. The molecular weight excluding hydrogens is 470 g/mol. The SMILES string of the molecule is Cc1cc(C(=O)NCCN2CCCCC2)sc1NC(=O)c1cnn2cc(-c3cnn(C)c3)sc12. The zero-order valence-electron chi connectivity index (χ0n) is 19.2. The van der Waals surface area contributed by atoms with Crippen LogP contribution in [0, 0.1) is 6.92 Å². The molecule has 178 valence electrons. The van der Waals surface area contributed by atoms with Crippen LogP contribution in [0.5, 0.6) is 0 Å². The Morgan fingerprint density at radius 3 is 2.65 bits per heavy atom. The van der Waals surface area contributed by atoms with E-state index in [4.69, 9.17) is 0 Å². The molecule has 5 rings (SSSR count). The fourth-order valence-electron chi connectivity index (χ4n) is 4.11. The predicted molar refractivity (Wildman–Crippen MR) is 135 cm³/mol. The Morgan fingerprint density at radius 1 is 1.06 bits per heavy atom. The van der Waals surface area contributed by atoms with Crippen LogP contribution in [0.3, 0.4) is 0 Å². The molecule has 1 aliphatic heterocycles. The number of hydrogen-bond donors (Lipinski definition) is 2. The van der Waals surface area contributed by atoms with Crippen LogP contribution in [0.1, 0.15) is 44.9 Å². The van der Waals surface area contributed by atoms with Crippen molar-refractivity contribution in [2.75, 3.05) is 31.5 Å². The molecule has 0 atom stereocenters. The molecular formula is C23H27N7O2S2. The van der Waals surface area contributed by atoms with E-state index in [0.717, 1.165) is 40.5 Å². The first-order chi connectivity index (χ1) is 16.5. The summed E-state index contributed by atoms with van der Waals surface area (Å²) in [6.45, 7) is 5.62.